The zero-order valence-electron chi connectivity index (χ0n) is 11.6. The summed E-state index contributed by atoms with van der Waals surface area (Å²) in [6.45, 7) is 0.573. The lowest BCUT2D eigenvalue weighted by molar-refractivity contribution is 0.0946. The Labute approximate surface area is 126 Å². The lowest BCUT2D eigenvalue weighted by Crippen LogP contribution is -2.27. The fraction of sp³-hybridized carbons (Fsp3) is 0.188. The molecule has 1 amide bonds. The minimum atomic E-state index is -0.305. The van der Waals surface area contributed by atoms with Gasteiger partial charge in [-0.05, 0) is 36.1 Å². The average Bonchev–Trinajstić information content (AvgIpc) is 3.08. The van der Waals surface area contributed by atoms with Gasteiger partial charge in [-0.2, -0.15) is 0 Å². The Hall–Kier alpha value is -2.14. The molecule has 0 spiro atoms. The van der Waals surface area contributed by atoms with Crippen LogP contribution in [-0.4, -0.2) is 17.0 Å². The van der Waals surface area contributed by atoms with Crippen LogP contribution in [0.5, 0.6) is 0 Å². The number of rotatable bonds is 4. The summed E-state index contributed by atoms with van der Waals surface area (Å²) < 4.78 is 15.5. The van der Waals surface area contributed by atoms with E-state index in [4.69, 9.17) is 0 Å². The maximum absolute atomic E-state index is 13.7. The van der Waals surface area contributed by atoms with Gasteiger partial charge in [-0.25, -0.2) is 4.39 Å². The Morgan fingerprint density at radius 2 is 2.19 bits per heavy atom. The van der Waals surface area contributed by atoms with E-state index in [9.17, 15) is 9.18 Å². The number of nitrogens with one attached hydrogen (secondary N) is 1. The summed E-state index contributed by atoms with van der Waals surface area (Å²) in [6, 6.07) is 10.5. The highest BCUT2D eigenvalue weighted by atomic mass is 32.1. The van der Waals surface area contributed by atoms with Crippen LogP contribution in [0.1, 0.15) is 15.4 Å². The monoisotopic (exact) mass is 302 g/mol. The fourth-order valence-corrected chi connectivity index (χ4v) is 3.10. The number of carbonyl (C=O) groups excluding carboxylic acids is 1. The lowest BCUT2D eigenvalue weighted by atomic mass is 10.2. The number of hydrogen-bond donors (Lipinski definition) is 1. The van der Waals surface area contributed by atoms with E-state index >= 15 is 0 Å². The summed E-state index contributed by atoms with van der Waals surface area (Å²) in [5, 5.41) is 5.38. The normalized spacial score (nSPS) is 11.0. The topological polar surface area (TPSA) is 34.0 Å². The summed E-state index contributed by atoms with van der Waals surface area (Å²) in [7, 11) is 1.77. The van der Waals surface area contributed by atoms with Gasteiger partial charge in [0.2, 0.25) is 0 Å². The van der Waals surface area contributed by atoms with Gasteiger partial charge in [0.05, 0.1) is 5.52 Å². The molecule has 21 heavy (non-hydrogen) atoms. The number of thiophene rings is 1. The van der Waals surface area contributed by atoms with E-state index in [0.29, 0.717) is 17.6 Å². The van der Waals surface area contributed by atoms with Gasteiger partial charge in [0.15, 0.2) is 0 Å². The molecule has 0 fully saturated rings. The molecule has 3 nitrogen and oxygen atoms in total. The average molecular weight is 302 g/mol. The molecule has 108 valence electrons. The van der Waals surface area contributed by atoms with Crippen LogP contribution in [0.15, 0.2) is 41.8 Å². The predicted molar refractivity (Wildman–Crippen MR) is 83.2 cm³/mol. The van der Waals surface area contributed by atoms with Gasteiger partial charge in [0, 0.05) is 23.9 Å². The Balaban J connectivity index is 1.75. The van der Waals surface area contributed by atoms with Crippen molar-refractivity contribution in [1.29, 1.82) is 0 Å². The van der Waals surface area contributed by atoms with Gasteiger partial charge in [-0.1, -0.05) is 12.1 Å². The summed E-state index contributed by atoms with van der Waals surface area (Å²) in [5.41, 5.74) is 1.19. The molecule has 0 unspecified atom stereocenters. The number of aryl methyl sites for hydroxylation is 1. The van der Waals surface area contributed by atoms with E-state index in [1.807, 2.05) is 17.5 Å². The summed E-state index contributed by atoms with van der Waals surface area (Å²) in [4.78, 5) is 13.5. The number of amides is 1. The van der Waals surface area contributed by atoms with Crippen molar-refractivity contribution in [1.82, 2.24) is 9.88 Å². The quantitative estimate of drug-likeness (QED) is 0.788. The van der Waals surface area contributed by atoms with E-state index in [-0.39, 0.29) is 11.7 Å². The minimum Gasteiger partial charge on any atom is -0.350 e. The molecule has 2 aromatic heterocycles. The van der Waals surface area contributed by atoms with Crippen LogP contribution in [0.3, 0.4) is 0 Å². The number of fused-ring (bicyclic) bond motifs is 1. The second-order valence-corrected chi connectivity index (χ2v) is 5.88. The van der Waals surface area contributed by atoms with Gasteiger partial charge in [0.25, 0.3) is 5.91 Å². The predicted octanol–water partition coefficient (Wildman–Crippen LogP) is 3.35. The van der Waals surface area contributed by atoms with Crippen molar-refractivity contribution in [2.24, 2.45) is 7.05 Å². The third-order valence-corrected chi connectivity index (χ3v) is 4.44. The maximum atomic E-state index is 13.7. The maximum Gasteiger partial charge on any atom is 0.267 e. The van der Waals surface area contributed by atoms with Gasteiger partial charge >= 0.3 is 0 Å². The van der Waals surface area contributed by atoms with Crippen LogP contribution < -0.4 is 5.32 Å². The highest BCUT2D eigenvalue weighted by molar-refractivity contribution is 7.09. The number of aromatic nitrogens is 1. The Morgan fingerprint density at radius 1 is 1.33 bits per heavy atom. The Morgan fingerprint density at radius 3 is 2.90 bits per heavy atom. The number of carbonyl (C=O) groups is 1. The SMILES string of the molecule is Cn1c(C(=O)NCCc2cccs2)cc2c(F)cccc21. The Bertz CT molecular complexity index is 777. The smallest absolute Gasteiger partial charge is 0.267 e. The van der Waals surface area contributed by atoms with Crippen LogP contribution in [0.4, 0.5) is 4.39 Å². The molecule has 3 rings (SSSR count). The third kappa shape index (κ3) is 2.69. The van der Waals surface area contributed by atoms with Crippen molar-refractivity contribution >= 4 is 28.1 Å². The highest BCUT2D eigenvalue weighted by Crippen LogP contribution is 2.21. The molecule has 1 aromatic carbocycles. The van der Waals surface area contributed by atoms with Gasteiger partial charge in [-0.15, -0.1) is 11.3 Å². The highest BCUT2D eigenvalue weighted by Gasteiger charge is 2.14. The molecule has 0 aliphatic rings. The molecule has 3 aromatic rings. The van der Waals surface area contributed by atoms with E-state index in [0.717, 1.165) is 11.9 Å². The summed E-state index contributed by atoms with van der Waals surface area (Å²) >= 11 is 1.67. The number of benzene rings is 1. The molecular formula is C16H15FN2OS. The van der Waals surface area contributed by atoms with Crippen molar-refractivity contribution in [3.8, 4) is 0 Å². The molecule has 1 N–H and O–H groups in total. The fourth-order valence-electron chi connectivity index (χ4n) is 2.39. The molecule has 0 atom stereocenters. The molecule has 5 heteroatoms. The Kier molecular flexibility index (Phi) is 3.75. The van der Waals surface area contributed by atoms with Gasteiger partial charge in [0.1, 0.15) is 11.5 Å². The first-order valence-corrected chi connectivity index (χ1v) is 7.59. The zero-order chi connectivity index (χ0) is 14.8. The summed E-state index contributed by atoms with van der Waals surface area (Å²) in [6.07, 6.45) is 0.807. The van der Waals surface area contributed by atoms with Gasteiger partial charge in [-0.3, -0.25) is 4.79 Å². The number of nitrogens with zero attached hydrogens (tertiary/aromatic N) is 1. The first-order chi connectivity index (χ1) is 10.2. The second-order valence-electron chi connectivity index (χ2n) is 4.85. The van der Waals surface area contributed by atoms with Crippen molar-refractivity contribution in [3.05, 3.63) is 58.2 Å². The third-order valence-electron chi connectivity index (χ3n) is 3.50. The van der Waals surface area contributed by atoms with Crippen LogP contribution in [0, 0.1) is 5.82 Å². The van der Waals surface area contributed by atoms with E-state index in [1.165, 1.54) is 10.9 Å². The van der Waals surface area contributed by atoms with Crippen LogP contribution >= 0.6 is 11.3 Å². The van der Waals surface area contributed by atoms with Gasteiger partial charge < -0.3 is 9.88 Å². The standard InChI is InChI=1S/C16H15FN2OS/c1-19-14-6-2-5-13(17)12(14)10-15(19)16(20)18-8-7-11-4-3-9-21-11/h2-6,9-10H,7-8H2,1H3,(H,18,20). The van der Waals surface area contributed by atoms with Crippen molar-refractivity contribution in [2.75, 3.05) is 6.54 Å². The zero-order valence-corrected chi connectivity index (χ0v) is 12.4. The number of halogens is 1. The minimum absolute atomic E-state index is 0.176. The second kappa shape index (κ2) is 5.69. The number of hydrogen-bond acceptors (Lipinski definition) is 2. The van der Waals surface area contributed by atoms with Crippen molar-refractivity contribution in [2.45, 2.75) is 6.42 Å². The lowest BCUT2D eigenvalue weighted by Gasteiger charge is -2.05. The molecule has 0 aliphatic carbocycles. The first-order valence-electron chi connectivity index (χ1n) is 6.71. The van der Waals surface area contributed by atoms with Crippen molar-refractivity contribution < 1.29 is 9.18 Å². The molecule has 0 saturated heterocycles. The van der Waals surface area contributed by atoms with Crippen molar-refractivity contribution in [3.63, 3.8) is 0 Å². The van der Waals surface area contributed by atoms with E-state index in [1.54, 1.807) is 41.2 Å². The van der Waals surface area contributed by atoms with Crippen LogP contribution in [0.2, 0.25) is 0 Å². The van der Waals surface area contributed by atoms with Crippen LogP contribution in [0.25, 0.3) is 10.9 Å². The van der Waals surface area contributed by atoms with E-state index < -0.39 is 0 Å². The first kappa shape index (κ1) is 13.8. The molecular weight excluding hydrogens is 287 g/mol. The molecule has 0 radical (unpaired) electrons. The largest absolute Gasteiger partial charge is 0.350 e. The summed E-state index contributed by atoms with van der Waals surface area (Å²) in [5.74, 6) is -0.481. The van der Waals surface area contributed by atoms with E-state index in [2.05, 4.69) is 5.32 Å². The molecule has 2 heterocycles. The molecule has 0 aliphatic heterocycles. The molecule has 0 saturated carbocycles. The molecule has 0 bridgehead atoms. The van der Waals surface area contributed by atoms with Crippen LogP contribution in [-0.2, 0) is 13.5 Å².